The lowest BCUT2D eigenvalue weighted by Crippen LogP contribution is -2.50. The molecule has 0 spiro atoms. The highest BCUT2D eigenvalue weighted by molar-refractivity contribution is 7.80. The first-order valence-corrected chi connectivity index (χ1v) is 6.43. The fourth-order valence-electron chi connectivity index (χ4n) is 2.97. The zero-order valence-electron chi connectivity index (χ0n) is 9.97. The summed E-state index contributed by atoms with van der Waals surface area (Å²) >= 11 is 5.33. The van der Waals surface area contributed by atoms with E-state index in [1.165, 1.54) is 25.7 Å². The van der Waals surface area contributed by atoms with E-state index in [0.29, 0.717) is 6.04 Å². The molecule has 0 aromatic heterocycles. The van der Waals surface area contributed by atoms with Crippen molar-refractivity contribution in [2.45, 2.75) is 58.0 Å². The van der Waals surface area contributed by atoms with Crippen molar-refractivity contribution in [2.75, 3.05) is 0 Å². The van der Waals surface area contributed by atoms with Gasteiger partial charge >= 0.3 is 0 Å². The van der Waals surface area contributed by atoms with Crippen LogP contribution in [0.1, 0.15) is 46.5 Å². The quantitative estimate of drug-likeness (QED) is 0.672. The molecule has 2 N–H and O–H groups in total. The van der Waals surface area contributed by atoms with Crippen LogP contribution >= 0.6 is 12.2 Å². The van der Waals surface area contributed by atoms with Crippen molar-refractivity contribution in [1.29, 1.82) is 0 Å². The van der Waals surface area contributed by atoms with Crippen molar-refractivity contribution in [3.63, 3.8) is 0 Å². The second kappa shape index (κ2) is 3.93. The largest absolute Gasteiger partial charge is 0.360 e. The Morgan fingerprint density at radius 2 is 1.93 bits per heavy atom. The highest BCUT2D eigenvalue weighted by atomic mass is 32.1. The van der Waals surface area contributed by atoms with Crippen molar-refractivity contribution in [3.05, 3.63) is 0 Å². The molecule has 0 saturated heterocycles. The Morgan fingerprint density at radius 1 is 1.20 bits per heavy atom. The molecule has 3 heteroatoms. The third-order valence-corrected chi connectivity index (χ3v) is 3.76. The molecule has 2 rings (SSSR count). The maximum absolute atomic E-state index is 5.33. The van der Waals surface area contributed by atoms with Gasteiger partial charge in [-0.05, 0) is 64.1 Å². The number of hydrogen-bond acceptors (Lipinski definition) is 1. The van der Waals surface area contributed by atoms with Gasteiger partial charge in [-0.3, -0.25) is 0 Å². The van der Waals surface area contributed by atoms with Crippen molar-refractivity contribution in [3.8, 4) is 0 Å². The Hall–Kier alpha value is -0.310. The molecule has 2 nitrogen and oxygen atoms in total. The van der Waals surface area contributed by atoms with Crippen LogP contribution in [0.25, 0.3) is 0 Å². The number of hydrogen-bond donors (Lipinski definition) is 2. The highest BCUT2D eigenvalue weighted by Crippen LogP contribution is 2.44. The summed E-state index contributed by atoms with van der Waals surface area (Å²) in [5, 5.41) is 7.65. The maximum atomic E-state index is 5.33. The van der Waals surface area contributed by atoms with E-state index in [0.717, 1.165) is 16.9 Å². The second-order valence-corrected chi connectivity index (χ2v) is 6.54. The third-order valence-electron chi connectivity index (χ3n) is 3.54. The monoisotopic (exact) mass is 226 g/mol. The standard InChI is InChI=1S/C12H22N2S/c1-12(2,3)14-11(15)13-10-7-8-4-5-9(10)6-8/h8-10H,4-7H2,1-3H3,(H2,13,14,15). The van der Waals surface area contributed by atoms with E-state index >= 15 is 0 Å². The van der Waals surface area contributed by atoms with Gasteiger partial charge in [0.25, 0.3) is 0 Å². The molecule has 0 aromatic rings. The molecule has 2 saturated carbocycles. The molecular formula is C12H22N2S. The molecular weight excluding hydrogens is 204 g/mol. The molecule has 15 heavy (non-hydrogen) atoms. The predicted molar refractivity (Wildman–Crippen MR) is 67.9 cm³/mol. The highest BCUT2D eigenvalue weighted by Gasteiger charge is 2.39. The van der Waals surface area contributed by atoms with E-state index in [9.17, 15) is 0 Å². The molecule has 86 valence electrons. The number of nitrogens with one attached hydrogen (secondary N) is 2. The molecule has 2 bridgehead atoms. The SMILES string of the molecule is CC(C)(C)NC(=S)NC1CC2CCC1C2. The molecule has 0 amide bonds. The molecule has 0 heterocycles. The molecule has 3 unspecified atom stereocenters. The van der Waals surface area contributed by atoms with Gasteiger partial charge in [0.05, 0.1) is 0 Å². The first-order valence-electron chi connectivity index (χ1n) is 6.03. The lowest BCUT2D eigenvalue weighted by molar-refractivity contribution is 0.384. The van der Waals surface area contributed by atoms with Gasteiger partial charge in [-0.15, -0.1) is 0 Å². The van der Waals surface area contributed by atoms with Crippen molar-refractivity contribution in [1.82, 2.24) is 10.6 Å². The molecule has 2 fully saturated rings. The fraction of sp³-hybridized carbons (Fsp3) is 0.917. The smallest absolute Gasteiger partial charge is 0.166 e. The lowest BCUT2D eigenvalue weighted by atomic mass is 9.95. The van der Waals surface area contributed by atoms with Gasteiger partial charge in [0, 0.05) is 11.6 Å². The Bertz CT molecular complexity index is 257. The molecule has 0 aromatic carbocycles. The number of rotatable bonds is 1. The van der Waals surface area contributed by atoms with E-state index in [1.54, 1.807) is 0 Å². The summed E-state index contributed by atoms with van der Waals surface area (Å²) < 4.78 is 0. The molecule has 3 atom stereocenters. The van der Waals surface area contributed by atoms with Crippen LogP contribution in [0.15, 0.2) is 0 Å². The topological polar surface area (TPSA) is 24.1 Å². The molecule has 0 radical (unpaired) electrons. The fourth-order valence-corrected chi connectivity index (χ4v) is 3.42. The lowest BCUT2D eigenvalue weighted by Gasteiger charge is -2.28. The first kappa shape index (κ1) is 11.2. The number of fused-ring (bicyclic) bond motifs is 2. The predicted octanol–water partition coefficient (Wildman–Crippen LogP) is 2.44. The Balaban J connectivity index is 1.80. The zero-order chi connectivity index (χ0) is 11.1. The molecule has 2 aliphatic rings. The van der Waals surface area contributed by atoms with Gasteiger partial charge in [-0.1, -0.05) is 6.42 Å². The third kappa shape index (κ3) is 2.83. The minimum Gasteiger partial charge on any atom is -0.360 e. The van der Waals surface area contributed by atoms with Gasteiger partial charge in [0.1, 0.15) is 0 Å². The maximum Gasteiger partial charge on any atom is 0.166 e. The first-order chi connectivity index (χ1) is 6.94. The van der Waals surface area contributed by atoms with Crippen molar-refractivity contribution >= 4 is 17.3 Å². The van der Waals surface area contributed by atoms with Crippen LogP contribution < -0.4 is 10.6 Å². The summed E-state index contributed by atoms with van der Waals surface area (Å²) in [6, 6.07) is 0.645. The van der Waals surface area contributed by atoms with E-state index in [4.69, 9.17) is 12.2 Å². The average molecular weight is 226 g/mol. The van der Waals surface area contributed by atoms with Crippen LogP contribution in [0.2, 0.25) is 0 Å². The Kier molecular flexibility index (Phi) is 2.93. The van der Waals surface area contributed by atoms with E-state index in [2.05, 4.69) is 31.4 Å². The second-order valence-electron chi connectivity index (χ2n) is 6.13. The normalized spacial score (nSPS) is 34.2. The van der Waals surface area contributed by atoms with Crippen LogP contribution in [0.3, 0.4) is 0 Å². The Labute approximate surface area is 98.2 Å². The summed E-state index contributed by atoms with van der Waals surface area (Å²) in [7, 11) is 0. The summed E-state index contributed by atoms with van der Waals surface area (Å²) in [5.74, 6) is 1.86. The van der Waals surface area contributed by atoms with E-state index in [1.807, 2.05) is 0 Å². The summed E-state index contributed by atoms with van der Waals surface area (Å²) in [4.78, 5) is 0. The van der Waals surface area contributed by atoms with Gasteiger partial charge in [0.2, 0.25) is 0 Å². The summed E-state index contributed by atoms with van der Waals surface area (Å²) in [5.41, 5.74) is 0.0711. The van der Waals surface area contributed by atoms with Gasteiger partial charge in [0.15, 0.2) is 5.11 Å². The average Bonchev–Trinajstić information content (AvgIpc) is 2.60. The summed E-state index contributed by atoms with van der Waals surface area (Å²) in [6.07, 6.45) is 5.61. The van der Waals surface area contributed by atoms with Crippen LogP contribution in [-0.4, -0.2) is 16.7 Å². The van der Waals surface area contributed by atoms with E-state index in [-0.39, 0.29) is 5.54 Å². The molecule has 0 aliphatic heterocycles. The van der Waals surface area contributed by atoms with E-state index < -0.39 is 0 Å². The van der Waals surface area contributed by atoms with Gasteiger partial charge < -0.3 is 10.6 Å². The minimum absolute atomic E-state index is 0.0711. The summed E-state index contributed by atoms with van der Waals surface area (Å²) in [6.45, 7) is 6.42. The number of thiocarbonyl (C=S) groups is 1. The van der Waals surface area contributed by atoms with Crippen LogP contribution in [0.5, 0.6) is 0 Å². The van der Waals surface area contributed by atoms with Crippen LogP contribution in [-0.2, 0) is 0 Å². The Morgan fingerprint density at radius 3 is 2.40 bits per heavy atom. The van der Waals surface area contributed by atoms with Crippen LogP contribution in [0, 0.1) is 11.8 Å². The molecule has 2 aliphatic carbocycles. The van der Waals surface area contributed by atoms with Crippen LogP contribution in [0.4, 0.5) is 0 Å². The van der Waals surface area contributed by atoms with Gasteiger partial charge in [-0.25, -0.2) is 0 Å². The van der Waals surface area contributed by atoms with Gasteiger partial charge in [-0.2, -0.15) is 0 Å². The zero-order valence-corrected chi connectivity index (χ0v) is 10.8. The van der Waals surface area contributed by atoms with Crippen molar-refractivity contribution < 1.29 is 0 Å². The van der Waals surface area contributed by atoms with Crippen molar-refractivity contribution in [2.24, 2.45) is 11.8 Å². The minimum atomic E-state index is 0.0711.